The zero-order valence-electron chi connectivity index (χ0n) is 10.9. The Balaban J connectivity index is 2.13. The van der Waals surface area contributed by atoms with Gasteiger partial charge < -0.3 is 9.84 Å². The smallest absolute Gasteiger partial charge is 0.338 e. The number of hydrogen-bond donors (Lipinski definition) is 1. The largest absolute Gasteiger partial charge is 0.465 e. The Hall–Kier alpha value is -1.46. The highest BCUT2D eigenvalue weighted by atomic mass is 19.1. The number of carbonyl (C=O) groups is 1. The molecule has 0 bridgehead atoms. The van der Waals surface area contributed by atoms with Gasteiger partial charge in [0.05, 0.1) is 18.8 Å². The van der Waals surface area contributed by atoms with Crippen LogP contribution < -0.4 is 0 Å². The lowest BCUT2D eigenvalue weighted by atomic mass is 10.0. The number of piperidine rings is 1. The minimum absolute atomic E-state index is 0.232. The van der Waals surface area contributed by atoms with Crippen LogP contribution in [0.3, 0.4) is 0 Å². The first-order valence-electron chi connectivity index (χ1n) is 6.37. The lowest BCUT2D eigenvalue weighted by molar-refractivity contribution is 0.0591. The zero-order valence-corrected chi connectivity index (χ0v) is 10.9. The second kappa shape index (κ2) is 6.12. The number of likely N-dealkylation sites (tertiary alicyclic amines) is 1. The van der Waals surface area contributed by atoms with Gasteiger partial charge in [-0.3, -0.25) is 4.90 Å². The molecule has 2 rings (SSSR count). The van der Waals surface area contributed by atoms with Crippen molar-refractivity contribution in [2.45, 2.75) is 25.5 Å². The van der Waals surface area contributed by atoms with Gasteiger partial charge in [0.15, 0.2) is 0 Å². The van der Waals surface area contributed by atoms with Crippen molar-refractivity contribution in [1.82, 2.24) is 4.90 Å². The fourth-order valence-corrected chi connectivity index (χ4v) is 2.30. The number of hydrogen-bond acceptors (Lipinski definition) is 4. The minimum Gasteiger partial charge on any atom is -0.465 e. The highest BCUT2D eigenvalue weighted by molar-refractivity contribution is 5.91. The number of aliphatic hydroxyl groups excluding tert-OH is 1. The van der Waals surface area contributed by atoms with Crippen molar-refractivity contribution >= 4 is 5.97 Å². The molecule has 1 N–H and O–H groups in total. The Bertz CT molecular complexity index is 456. The predicted molar refractivity (Wildman–Crippen MR) is 68.3 cm³/mol. The third-order valence-corrected chi connectivity index (χ3v) is 3.43. The fraction of sp³-hybridized carbons (Fsp3) is 0.500. The van der Waals surface area contributed by atoms with Crippen molar-refractivity contribution in [3.8, 4) is 0 Å². The first-order valence-corrected chi connectivity index (χ1v) is 6.37. The molecule has 0 spiro atoms. The van der Waals surface area contributed by atoms with Gasteiger partial charge >= 0.3 is 5.97 Å². The van der Waals surface area contributed by atoms with Crippen LogP contribution in [0.1, 0.15) is 28.8 Å². The summed E-state index contributed by atoms with van der Waals surface area (Å²) in [5.41, 5.74) is 1.03. The minimum atomic E-state index is -0.522. The monoisotopic (exact) mass is 267 g/mol. The summed E-state index contributed by atoms with van der Waals surface area (Å²) >= 11 is 0. The van der Waals surface area contributed by atoms with E-state index >= 15 is 0 Å². The summed E-state index contributed by atoms with van der Waals surface area (Å²) in [6, 6.07) is 4.17. The summed E-state index contributed by atoms with van der Waals surface area (Å²) in [5.74, 6) is -0.968. The molecule has 4 nitrogen and oxygen atoms in total. The lowest BCUT2D eigenvalue weighted by Crippen LogP contribution is -2.35. The molecule has 1 fully saturated rings. The van der Waals surface area contributed by atoms with Crippen LogP contribution in [0.2, 0.25) is 0 Å². The molecule has 19 heavy (non-hydrogen) atoms. The van der Waals surface area contributed by atoms with Crippen molar-refractivity contribution in [3.63, 3.8) is 0 Å². The van der Waals surface area contributed by atoms with Crippen LogP contribution in [0.25, 0.3) is 0 Å². The lowest BCUT2D eigenvalue weighted by Gasteiger charge is -2.29. The van der Waals surface area contributed by atoms with E-state index in [1.54, 1.807) is 6.07 Å². The maximum absolute atomic E-state index is 13.2. The van der Waals surface area contributed by atoms with Gasteiger partial charge in [0.25, 0.3) is 0 Å². The molecular formula is C14H18FNO3. The highest BCUT2D eigenvalue weighted by Gasteiger charge is 2.20. The topological polar surface area (TPSA) is 49.8 Å². The van der Waals surface area contributed by atoms with Gasteiger partial charge in [-0.05, 0) is 30.5 Å². The molecule has 0 unspecified atom stereocenters. The second-order valence-electron chi connectivity index (χ2n) is 4.80. The first kappa shape index (κ1) is 14.0. The van der Waals surface area contributed by atoms with E-state index < -0.39 is 11.8 Å². The normalized spacial score (nSPS) is 17.4. The Morgan fingerprint density at radius 1 is 1.47 bits per heavy atom. The number of aliphatic hydroxyl groups is 1. The average molecular weight is 267 g/mol. The van der Waals surface area contributed by atoms with Gasteiger partial charge in [0, 0.05) is 19.6 Å². The molecule has 0 amide bonds. The molecular weight excluding hydrogens is 249 g/mol. The van der Waals surface area contributed by atoms with E-state index in [4.69, 9.17) is 0 Å². The predicted octanol–water partition coefficient (Wildman–Crippen LogP) is 1.57. The number of halogens is 1. The number of rotatable bonds is 3. The van der Waals surface area contributed by atoms with Crippen LogP contribution in [-0.4, -0.2) is 42.3 Å². The molecule has 1 aliphatic rings. The van der Waals surface area contributed by atoms with Crippen LogP contribution in [0, 0.1) is 5.82 Å². The van der Waals surface area contributed by atoms with Crippen molar-refractivity contribution in [3.05, 3.63) is 35.1 Å². The maximum Gasteiger partial charge on any atom is 0.338 e. The molecule has 0 saturated carbocycles. The Morgan fingerprint density at radius 3 is 2.79 bits per heavy atom. The van der Waals surface area contributed by atoms with Crippen molar-refractivity contribution in [1.29, 1.82) is 0 Å². The average Bonchev–Trinajstić information content (AvgIpc) is 2.42. The summed E-state index contributed by atoms with van der Waals surface area (Å²) in [7, 11) is 1.29. The number of methoxy groups -OCH3 is 1. The van der Waals surface area contributed by atoms with Crippen LogP contribution >= 0.6 is 0 Å². The van der Waals surface area contributed by atoms with Gasteiger partial charge in [-0.2, -0.15) is 0 Å². The van der Waals surface area contributed by atoms with E-state index in [0.717, 1.165) is 31.5 Å². The number of nitrogens with zero attached hydrogens (tertiary/aromatic N) is 1. The maximum atomic E-state index is 13.2. The van der Waals surface area contributed by atoms with Crippen LogP contribution in [0.4, 0.5) is 4.39 Å². The molecule has 0 aromatic heterocycles. The number of ether oxygens (including phenoxy) is 1. The molecule has 1 aromatic rings. The molecule has 1 saturated heterocycles. The van der Waals surface area contributed by atoms with E-state index in [0.29, 0.717) is 6.54 Å². The van der Waals surface area contributed by atoms with Crippen LogP contribution in [0.5, 0.6) is 0 Å². The zero-order chi connectivity index (χ0) is 13.8. The van der Waals surface area contributed by atoms with Gasteiger partial charge in [0.2, 0.25) is 0 Å². The Labute approximate surface area is 111 Å². The third kappa shape index (κ3) is 3.52. The van der Waals surface area contributed by atoms with Crippen molar-refractivity contribution in [2.75, 3.05) is 20.2 Å². The van der Waals surface area contributed by atoms with E-state index in [2.05, 4.69) is 9.64 Å². The van der Waals surface area contributed by atoms with Crippen molar-refractivity contribution in [2.24, 2.45) is 0 Å². The van der Waals surface area contributed by atoms with Gasteiger partial charge in [0.1, 0.15) is 5.82 Å². The second-order valence-corrected chi connectivity index (χ2v) is 4.80. The number of esters is 1. The fourth-order valence-electron chi connectivity index (χ4n) is 2.30. The standard InChI is InChI=1S/C14H18FNO3/c1-19-14(18)13-8-11(15)3-2-10(13)9-16-6-4-12(17)5-7-16/h2-3,8,12,17H,4-7,9H2,1H3. The highest BCUT2D eigenvalue weighted by Crippen LogP contribution is 2.18. The third-order valence-electron chi connectivity index (χ3n) is 3.43. The molecule has 1 aromatic carbocycles. The van der Waals surface area contributed by atoms with E-state index in [9.17, 15) is 14.3 Å². The molecule has 1 aliphatic heterocycles. The molecule has 0 aliphatic carbocycles. The summed E-state index contributed by atoms with van der Waals surface area (Å²) in [4.78, 5) is 13.8. The van der Waals surface area contributed by atoms with Gasteiger partial charge in [-0.25, -0.2) is 9.18 Å². The van der Waals surface area contributed by atoms with Gasteiger partial charge in [-0.15, -0.1) is 0 Å². The number of carbonyl (C=O) groups excluding carboxylic acids is 1. The van der Waals surface area contributed by atoms with Crippen LogP contribution in [-0.2, 0) is 11.3 Å². The van der Waals surface area contributed by atoms with E-state index in [-0.39, 0.29) is 11.7 Å². The molecule has 5 heteroatoms. The summed E-state index contributed by atoms with van der Waals surface area (Å²) in [6.45, 7) is 2.12. The number of benzene rings is 1. The van der Waals surface area contributed by atoms with E-state index in [1.165, 1.54) is 19.2 Å². The van der Waals surface area contributed by atoms with E-state index in [1.807, 2.05) is 0 Å². The molecule has 1 heterocycles. The molecule has 0 atom stereocenters. The summed E-state index contributed by atoms with van der Waals surface area (Å²) < 4.78 is 17.9. The SMILES string of the molecule is COC(=O)c1cc(F)ccc1CN1CCC(O)CC1. The van der Waals surface area contributed by atoms with Crippen LogP contribution in [0.15, 0.2) is 18.2 Å². The Kier molecular flexibility index (Phi) is 4.50. The Morgan fingerprint density at radius 2 is 2.16 bits per heavy atom. The molecule has 104 valence electrons. The first-order chi connectivity index (χ1) is 9.10. The van der Waals surface area contributed by atoms with Crippen molar-refractivity contribution < 1.29 is 19.0 Å². The van der Waals surface area contributed by atoms with Gasteiger partial charge in [-0.1, -0.05) is 6.07 Å². The summed E-state index contributed by atoms with van der Waals surface area (Å²) in [5, 5.41) is 9.46. The quantitative estimate of drug-likeness (QED) is 0.845. The summed E-state index contributed by atoms with van der Waals surface area (Å²) in [6.07, 6.45) is 1.23. The molecule has 0 radical (unpaired) electrons.